The average molecular weight is 235 g/mol. The fraction of sp³-hybridized carbons (Fsp3) is 0.571. The van der Waals surface area contributed by atoms with Crippen LogP contribution in [-0.2, 0) is 6.54 Å². The number of methoxy groups -OCH3 is 1. The summed E-state index contributed by atoms with van der Waals surface area (Å²) in [7, 11) is 1.69. The van der Waals surface area contributed by atoms with Gasteiger partial charge in [-0.25, -0.2) is 0 Å². The maximum Gasteiger partial charge on any atom is 0.119 e. The summed E-state index contributed by atoms with van der Waals surface area (Å²) < 4.78 is 5.23. The molecule has 0 spiro atoms. The Morgan fingerprint density at radius 2 is 2.29 bits per heavy atom. The second-order valence-electron chi connectivity index (χ2n) is 4.84. The van der Waals surface area contributed by atoms with Crippen LogP contribution < -0.4 is 4.74 Å². The first-order chi connectivity index (χ1) is 8.24. The molecular weight excluding hydrogens is 214 g/mol. The van der Waals surface area contributed by atoms with Crippen molar-refractivity contribution in [1.29, 1.82) is 0 Å². The van der Waals surface area contributed by atoms with E-state index in [9.17, 15) is 5.11 Å². The van der Waals surface area contributed by atoms with E-state index >= 15 is 0 Å². The number of hydrogen-bond donors (Lipinski definition) is 1. The molecule has 1 saturated heterocycles. The van der Waals surface area contributed by atoms with Crippen LogP contribution in [0.1, 0.15) is 18.9 Å². The van der Waals surface area contributed by atoms with E-state index in [2.05, 4.69) is 24.0 Å². The first kappa shape index (κ1) is 12.4. The van der Waals surface area contributed by atoms with Crippen molar-refractivity contribution in [3.63, 3.8) is 0 Å². The Balaban J connectivity index is 2.04. The summed E-state index contributed by atoms with van der Waals surface area (Å²) in [4.78, 5) is 2.36. The smallest absolute Gasteiger partial charge is 0.119 e. The molecule has 1 fully saturated rings. The highest BCUT2D eigenvalue weighted by atomic mass is 16.5. The van der Waals surface area contributed by atoms with Crippen LogP contribution in [0.3, 0.4) is 0 Å². The van der Waals surface area contributed by atoms with Crippen LogP contribution in [0.5, 0.6) is 5.75 Å². The van der Waals surface area contributed by atoms with E-state index in [1.54, 1.807) is 7.11 Å². The van der Waals surface area contributed by atoms with Gasteiger partial charge in [-0.1, -0.05) is 19.1 Å². The molecule has 0 bridgehead atoms. The molecule has 1 aliphatic rings. The summed E-state index contributed by atoms with van der Waals surface area (Å²) in [5, 5.41) is 9.42. The molecule has 94 valence electrons. The highest BCUT2D eigenvalue weighted by Crippen LogP contribution is 2.26. The van der Waals surface area contributed by atoms with E-state index in [1.165, 1.54) is 12.0 Å². The Hall–Kier alpha value is -1.06. The molecule has 0 aliphatic carbocycles. The summed E-state index contributed by atoms with van der Waals surface area (Å²) in [6.07, 6.45) is 1.18. The topological polar surface area (TPSA) is 32.7 Å². The van der Waals surface area contributed by atoms with Crippen LogP contribution in [0, 0.1) is 5.92 Å². The molecule has 17 heavy (non-hydrogen) atoms. The van der Waals surface area contributed by atoms with Gasteiger partial charge in [0.15, 0.2) is 0 Å². The van der Waals surface area contributed by atoms with E-state index in [0.717, 1.165) is 18.8 Å². The first-order valence-electron chi connectivity index (χ1n) is 6.22. The molecule has 2 rings (SSSR count). The largest absolute Gasteiger partial charge is 0.497 e. The monoisotopic (exact) mass is 235 g/mol. The summed E-state index contributed by atoms with van der Waals surface area (Å²) >= 11 is 0. The van der Waals surface area contributed by atoms with Crippen molar-refractivity contribution in [3.8, 4) is 5.75 Å². The number of hydrogen-bond acceptors (Lipinski definition) is 3. The minimum Gasteiger partial charge on any atom is -0.497 e. The molecule has 2 unspecified atom stereocenters. The van der Waals surface area contributed by atoms with E-state index in [1.807, 2.05) is 12.1 Å². The van der Waals surface area contributed by atoms with Crippen LogP contribution in [0.2, 0.25) is 0 Å². The second-order valence-corrected chi connectivity index (χ2v) is 4.84. The zero-order valence-electron chi connectivity index (χ0n) is 10.6. The summed E-state index contributed by atoms with van der Waals surface area (Å²) in [5.41, 5.74) is 1.25. The number of aliphatic hydroxyl groups excluding tert-OH is 1. The predicted molar refractivity (Wildman–Crippen MR) is 68.1 cm³/mol. The van der Waals surface area contributed by atoms with Crippen LogP contribution in [-0.4, -0.2) is 36.3 Å². The molecule has 3 heteroatoms. The average Bonchev–Trinajstić information content (AvgIpc) is 2.70. The fourth-order valence-electron chi connectivity index (χ4n) is 2.58. The standard InChI is InChI=1S/C14H21NO2/c1-11-6-7-15(14(11)10-16)9-12-4-3-5-13(8-12)17-2/h3-5,8,11,14,16H,6-7,9-10H2,1-2H3. The third-order valence-electron chi connectivity index (χ3n) is 3.70. The number of benzene rings is 1. The van der Waals surface area contributed by atoms with Crippen molar-refractivity contribution in [2.45, 2.75) is 25.9 Å². The highest BCUT2D eigenvalue weighted by Gasteiger charge is 2.30. The van der Waals surface area contributed by atoms with Gasteiger partial charge < -0.3 is 9.84 Å². The Kier molecular flexibility index (Phi) is 4.02. The first-order valence-corrected chi connectivity index (χ1v) is 6.22. The number of likely N-dealkylation sites (tertiary alicyclic amines) is 1. The van der Waals surface area contributed by atoms with Gasteiger partial charge in [-0.15, -0.1) is 0 Å². The minimum atomic E-state index is 0.255. The Labute approximate surface area is 103 Å². The van der Waals surface area contributed by atoms with Crippen molar-refractivity contribution >= 4 is 0 Å². The van der Waals surface area contributed by atoms with Gasteiger partial charge in [-0.3, -0.25) is 4.90 Å². The van der Waals surface area contributed by atoms with Crippen LogP contribution in [0.25, 0.3) is 0 Å². The zero-order chi connectivity index (χ0) is 12.3. The Morgan fingerprint density at radius 1 is 1.47 bits per heavy atom. The van der Waals surface area contributed by atoms with Crippen molar-refractivity contribution in [3.05, 3.63) is 29.8 Å². The maximum atomic E-state index is 9.42. The molecule has 1 N–H and O–H groups in total. The van der Waals surface area contributed by atoms with Gasteiger partial charge in [-0.2, -0.15) is 0 Å². The van der Waals surface area contributed by atoms with Crippen molar-refractivity contribution < 1.29 is 9.84 Å². The molecule has 3 nitrogen and oxygen atoms in total. The number of aliphatic hydroxyl groups is 1. The number of nitrogens with zero attached hydrogens (tertiary/aromatic N) is 1. The quantitative estimate of drug-likeness (QED) is 0.865. The lowest BCUT2D eigenvalue weighted by atomic mass is 10.0. The molecule has 0 saturated carbocycles. The molecule has 1 aliphatic heterocycles. The van der Waals surface area contributed by atoms with Crippen LogP contribution in [0.15, 0.2) is 24.3 Å². The lowest BCUT2D eigenvalue weighted by Gasteiger charge is -2.25. The van der Waals surface area contributed by atoms with Crippen molar-refractivity contribution in [2.75, 3.05) is 20.3 Å². The number of ether oxygens (including phenoxy) is 1. The minimum absolute atomic E-state index is 0.255. The third-order valence-corrected chi connectivity index (χ3v) is 3.70. The predicted octanol–water partition coefficient (Wildman–Crippen LogP) is 1.90. The van der Waals surface area contributed by atoms with Crippen LogP contribution >= 0.6 is 0 Å². The Bertz CT molecular complexity index is 367. The lowest BCUT2D eigenvalue weighted by molar-refractivity contribution is 0.134. The third kappa shape index (κ3) is 2.79. The molecule has 1 aromatic carbocycles. The van der Waals surface area contributed by atoms with Gasteiger partial charge >= 0.3 is 0 Å². The summed E-state index contributed by atoms with van der Waals surface area (Å²) in [6, 6.07) is 8.46. The van der Waals surface area contributed by atoms with Gasteiger partial charge in [0.2, 0.25) is 0 Å². The van der Waals surface area contributed by atoms with E-state index < -0.39 is 0 Å². The maximum absolute atomic E-state index is 9.42. The lowest BCUT2D eigenvalue weighted by Crippen LogP contribution is -2.34. The zero-order valence-corrected chi connectivity index (χ0v) is 10.6. The van der Waals surface area contributed by atoms with E-state index in [0.29, 0.717) is 12.0 Å². The molecule has 1 aromatic rings. The van der Waals surface area contributed by atoms with Gasteiger partial charge in [0.25, 0.3) is 0 Å². The number of rotatable bonds is 4. The van der Waals surface area contributed by atoms with Gasteiger partial charge in [0.05, 0.1) is 13.7 Å². The second kappa shape index (κ2) is 5.52. The molecular formula is C14H21NO2. The fourth-order valence-corrected chi connectivity index (χ4v) is 2.58. The van der Waals surface area contributed by atoms with Gasteiger partial charge in [0, 0.05) is 12.6 Å². The van der Waals surface area contributed by atoms with Gasteiger partial charge in [-0.05, 0) is 36.6 Å². The van der Waals surface area contributed by atoms with Crippen LogP contribution in [0.4, 0.5) is 0 Å². The van der Waals surface area contributed by atoms with Crippen molar-refractivity contribution in [1.82, 2.24) is 4.90 Å². The van der Waals surface area contributed by atoms with Crippen molar-refractivity contribution in [2.24, 2.45) is 5.92 Å². The van der Waals surface area contributed by atoms with Gasteiger partial charge in [0.1, 0.15) is 5.75 Å². The Morgan fingerprint density at radius 3 is 3.00 bits per heavy atom. The summed E-state index contributed by atoms with van der Waals surface area (Å²) in [6.45, 7) is 4.44. The highest BCUT2D eigenvalue weighted by molar-refractivity contribution is 5.28. The molecule has 1 heterocycles. The summed E-state index contributed by atoms with van der Waals surface area (Å²) in [5.74, 6) is 1.49. The molecule has 0 aromatic heterocycles. The SMILES string of the molecule is COc1cccc(CN2CCC(C)C2CO)c1. The van der Waals surface area contributed by atoms with E-state index in [4.69, 9.17) is 4.74 Å². The van der Waals surface area contributed by atoms with E-state index in [-0.39, 0.29) is 6.61 Å². The molecule has 0 amide bonds. The molecule has 2 atom stereocenters. The normalized spacial score (nSPS) is 25.1. The molecule has 0 radical (unpaired) electrons.